The Morgan fingerprint density at radius 3 is 2.00 bits per heavy atom. The Morgan fingerprint density at radius 1 is 0.870 bits per heavy atom. The lowest BCUT2D eigenvalue weighted by atomic mass is 9.97. The first-order chi connectivity index (χ1) is 10.8. The van der Waals surface area contributed by atoms with Crippen molar-refractivity contribution >= 4 is 11.7 Å². The molecule has 0 heterocycles. The molecule has 0 radical (unpaired) electrons. The highest BCUT2D eigenvalue weighted by molar-refractivity contribution is 6.13. The average molecular weight is 316 g/mol. The number of allylic oxidation sites excluding steroid dienone is 1. The van der Waals surface area contributed by atoms with E-state index >= 15 is 0 Å². The fourth-order valence-electron chi connectivity index (χ4n) is 1.96. The lowest BCUT2D eigenvalue weighted by Gasteiger charge is -2.07. The van der Waals surface area contributed by atoms with Gasteiger partial charge in [0.15, 0.2) is 28.7 Å². The highest BCUT2D eigenvalue weighted by Crippen LogP contribution is 2.36. The van der Waals surface area contributed by atoms with Crippen LogP contribution in [0.15, 0.2) is 35.9 Å². The number of Topliss-reactive ketones (excluding diaryl/α,β-unsaturated/α-hetero) is 1. The van der Waals surface area contributed by atoms with Gasteiger partial charge in [-0.15, -0.1) is 0 Å². The number of phenols is 5. The number of carbonyl (C=O) groups is 1. The van der Waals surface area contributed by atoms with E-state index in [1.165, 1.54) is 24.1 Å². The van der Waals surface area contributed by atoms with Crippen molar-refractivity contribution in [3.05, 3.63) is 47.0 Å². The first kappa shape index (κ1) is 15.9. The first-order valence-electron chi connectivity index (χ1n) is 6.38. The Morgan fingerprint density at radius 2 is 1.48 bits per heavy atom. The molecule has 0 saturated carbocycles. The molecule has 0 aromatic heterocycles. The predicted octanol–water partition coefficient (Wildman–Crippen LogP) is 1.40. The molecule has 0 saturated heterocycles. The van der Waals surface area contributed by atoms with Crippen LogP contribution in [0.4, 0.5) is 0 Å². The van der Waals surface area contributed by atoms with Gasteiger partial charge in [-0.3, -0.25) is 4.79 Å². The molecule has 0 atom stereocenters. The number of benzene rings is 2. The Hall–Kier alpha value is -3.44. The summed E-state index contributed by atoms with van der Waals surface area (Å²) < 4.78 is 0. The molecule has 0 unspecified atom stereocenters. The second-order valence-electron chi connectivity index (χ2n) is 4.77. The summed E-state index contributed by atoms with van der Waals surface area (Å²) in [6.45, 7) is 0. The molecule has 0 aliphatic rings. The second kappa shape index (κ2) is 6.13. The van der Waals surface area contributed by atoms with Crippen molar-refractivity contribution in [2.24, 2.45) is 0 Å². The number of carbonyl (C=O) groups excluding carboxylic acids is 2. The summed E-state index contributed by atoms with van der Waals surface area (Å²) in [6, 6.07) is 5.61. The zero-order valence-corrected chi connectivity index (χ0v) is 11.6. The minimum atomic E-state index is -0.807. The van der Waals surface area contributed by atoms with Gasteiger partial charge in [0.2, 0.25) is 5.78 Å². The average Bonchev–Trinajstić information content (AvgIpc) is 2.52. The molecule has 2 rings (SSSR count). The highest BCUT2D eigenvalue weighted by atomic mass is 16.3. The van der Waals surface area contributed by atoms with Gasteiger partial charge in [0, 0.05) is 12.0 Å². The molecule has 2 aromatic carbocycles. The Kier molecular flexibility index (Phi) is 4.25. The van der Waals surface area contributed by atoms with Gasteiger partial charge in [-0.2, -0.15) is 0 Å². The van der Waals surface area contributed by atoms with E-state index in [1.807, 2.05) is 0 Å². The number of aromatic hydroxyl groups is 5. The Labute approximate surface area is 130 Å². The predicted molar refractivity (Wildman–Crippen MR) is 78.4 cm³/mol. The molecule has 0 bridgehead atoms. The summed E-state index contributed by atoms with van der Waals surface area (Å²) in [5.41, 5.74) is -0.155. The van der Waals surface area contributed by atoms with E-state index in [0.29, 0.717) is 5.56 Å². The Bertz CT molecular complexity index is 809. The van der Waals surface area contributed by atoms with Crippen molar-refractivity contribution in [3.8, 4) is 28.7 Å². The van der Waals surface area contributed by atoms with Crippen LogP contribution in [0, 0.1) is 0 Å². The van der Waals surface area contributed by atoms with E-state index in [0.717, 1.165) is 12.1 Å². The fourth-order valence-corrected chi connectivity index (χ4v) is 1.96. The van der Waals surface area contributed by atoms with Gasteiger partial charge in [0.05, 0.1) is 5.57 Å². The van der Waals surface area contributed by atoms with Gasteiger partial charge in [-0.05, 0) is 29.8 Å². The third-order valence-electron chi connectivity index (χ3n) is 3.15. The smallest absolute Gasteiger partial charge is 0.200 e. The Balaban J connectivity index is 2.32. The fraction of sp³-hybridized carbons (Fsp3) is 0.0625. The monoisotopic (exact) mass is 316 g/mol. The minimum absolute atomic E-state index is 0.182. The quantitative estimate of drug-likeness (QED) is 0.249. The normalized spacial score (nSPS) is 10.1. The van der Waals surface area contributed by atoms with Gasteiger partial charge in [0.1, 0.15) is 5.94 Å². The highest BCUT2D eigenvalue weighted by Gasteiger charge is 2.19. The number of hydrogen-bond acceptors (Lipinski definition) is 7. The van der Waals surface area contributed by atoms with E-state index < -0.39 is 28.8 Å². The topological polar surface area (TPSA) is 135 Å². The summed E-state index contributed by atoms with van der Waals surface area (Å²) in [7, 11) is 0. The lowest BCUT2D eigenvalue weighted by molar-refractivity contribution is 0.103. The first-order valence-corrected chi connectivity index (χ1v) is 6.38. The summed E-state index contributed by atoms with van der Waals surface area (Å²) in [5.74, 6) is -2.26. The van der Waals surface area contributed by atoms with Crippen molar-refractivity contribution in [1.82, 2.24) is 0 Å². The van der Waals surface area contributed by atoms with Crippen LogP contribution in [0.2, 0.25) is 0 Å². The molecule has 7 nitrogen and oxygen atoms in total. The molecule has 0 fully saturated rings. The van der Waals surface area contributed by atoms with Crippen molar-refractivity contribution < 1.29 is 35.1 Å². The zero-order valence-electron chi connectivity index (χ0n) is 11.6. The maximum atomic E-state index is 12.2. The van der Waals surface area contributed by atoms with Gasteiger partial charge in [-0.1, -0.05) is 6.07 Å². The van der Waals surface area contributed by atoms with Gasteiger partial charge < -0.3 is 25.5 Å². The van der Waals surface area contributed by atoms with Crippen LogP contribution in [0.25, 0.3) is 0 Å². The maximum absolute atomic E-state index is 12.2. The standard InChI is InChI=1S/C16H12O7/c17-7-10(3-8-1-2-11(18)12(19)4-8)15(22)9-5-13(20)16(23)14(21)6-9/h1-2,4-6,18-21,23H,3H2. The molecule has 2 aromatic rings. The molecule has 0 aliphatic heterocycles. The van der Waals surface area contributed by atoms with Crippen molar-refractivity contribution in [2.75, 3.05) is 0 Å². The van der Waals surface area contributed by atoms with Crippen molar-refractivity contribution in [1.29, 1.82) is 0 Å². The summed E-state index contributed by atoms with van der Waals surface area (Å²) in [6.07, 6.45) is -0.182. The van der Waals surface area contributed by atoms with Gasteiger partial charge >= 0.3 is 0 Å². The molecule has 5 N–H and O–H groups in total. The van der Waals surface area contributed by atoms with Crippen LogP contribution in [0.1, 0.15) is 15.9 Å². The molecule has 23 heavy (non-hydrogen) atoms. The van der Waals surface area contributed by atoms with E-state index in [9.17, 15) is 35.1 Å². The third-order valence-corrected chi connectivity index (χ3v) is 3.15. The molecule has 0 amide bonds. The van der Waals surface area contributed by atoms with E-state index in [4.69, 9.17) is 0 Å². The third kappa shape index (κ3) is 3.25. The molecule has 0 spiro atoms. The van der Waals surface area contributed by atoms with Crippen LogP contribution in [-0.2, 0) is 11.2 Å². The molecule has 7 heteroatoms. The molecular formula is C16H12O7. The summed E-state index contributed by atoms with van der Waals surface area (Å²) >= 11 is 0. The second-order valence-corrected chi connectivity index (χ2v) is 4.77. The molecule has 0 aliphatic carbocycles. The van der Waals surface area contributed by atoms with E-state index in [-0.39, 0.29) is 23.3 Å². The minimum Gasteiger partial charge on any atom is -0.504 e. The van der Waals surface area contributed by atoms with Gasteiger partial charge in [-0.25, -0.2) is 4.79 Å². The van der Waals surface area contributed by atoms with Crippen LogP contribution >= 0.6 is 0 Å². The van der Waals surface area contributed by atoms with E-state index in [1.54, 1.807) is 0 Å². The number of rotatable bonds is 4. The maximum Gasteiger partial charge on any atom is 0.200 e. The van der Waals surface area contributed by atoms with Crippen molar-refractivity contribution in [2.45, 2.75) is 6.42 Å². The summed E-state index contributed by atoms with van der Waals surface area (Å²) in [5, 5.41) is 46.7. The zero-order chi connectivity index (χ0) is 17.1. The SMILES string of the molecule is O=C=C(Cc1ccc(O)c(O)c1)C(=O)c1cc(O)c(O)c(O)c1. The van der Waals surface area contributed by atoms with Crippen LogP contribution < -0.4 is 0 Å². The van der Waals surface area contributed by atoms with Gasteiger partial charge in [0.25, 0.3) is 0 Å². The summed E-state index contributed by atoms with van der Waals surface area (Å²) in [4.78, 5) is 23.3. The molecule has 118 valence electrons. The number of ketones is 1. The lowest BCUT2D eigenvalue weighted by Crippen LogP contribution is -2.07. The number of phenolic OH excluding ortho intramolecular Hbond substituents is 5. The largest absolute Gasteiger partial charge is 0.504 e. The van der Waals surface area contributed by atoms with Crippen LogP contribution in [0.5, 0.6) is 28.7 Å². The van der Waals surface area contributed by atoms with Crippen molar-refractivity contribution in [3.63, 3.8) is 0 Å². The number of hydrogen-bond donors (Lipinski definition) is 5. The van der Waals surface area contributed by atoms with Crippen LogP contribution in [0.3, 0.4) is 0 Å². The van der Waals surface area contributed by atoms with E-state index in [2.05, 4.69) is 0 Å². The molecular weight excluding hydrogens is 304 g/mol. The van der Waals surface area contributed by atoms with Crippen LogP contribution in [-0.4, -0.2) is 37.3 Å².